The van der Waals surface area contributed by atoms with Crippen molar-refractivity contribution >= 4 is 11.8 Å². The van der Waals surface area contributed by atoms with E-state index in [1.165, 1.54) is 0 Å². The molecule has 2 aromatic heterocycles. The van der Waals surface area contributed by atoms with Crippen LogP contribution in [0.15, 0.2) is 42.9 Å². The molecule has 7 heteroatoms. The van der Waals surface area contributed by atoms with Crippen LogP contribution in [-0.2, 0) is 11.3 Å². The molecule has 2 amide bonds. The monoisotopic (exact) mass is 394 g/mol. The molecule has 0 atom stereocenters. The summed E-state index contributed by atoms with van der Waals surface area (Å²) in [6, 6.07) is 7.31. The van der Waals surface area contributed by atoms with Gasteiger partial charge in [0.1, 0.15) is 0 Å². The van der Waals surface area contributed by atoms with Crippen LogP contribution in [0.2, 0.25) is 0 Å². The minimum Gasteiger partial charge on any atom is -0.481 e. The van der Waals surface area contributed by atoms with Gasteiger partial charge in [-0.05, 0) is 42.4 Å². The second-order valence-corrected chi connectivity index (χ2v) is 7.99. The van der Waals surface area contributed by atoms with Crippen molar-refractivity contribution in [2.45, 2.75) is 32.2 Å². The van der Waals surface area contributed by atoms with Gasteiger partial charge in [-0.25, -0.2) is 4.98 Å². The lowest BCUT2D eigenvalue weighted by Crippen LogP contribution is -2.52. The number of ether oxygens (including phenoxy) is 1. The van der Waals surface area contributed by atoms with E-state index in [1.807, 2.05) is 28.1 Å². The molecule has 0 unspecified atom stereocenters. The summed E-state index contributed by atoms with van der Waals surface area (Å²) in [6.45, 7) is 2.77. The highest BCUT2D eigenvalue weighted by Crippen LogP contribution is 2.40. The number of rotatable bonds is 4. The first kappa shape index (κ1) is 19.4. The van der Waals surface area contributed by atoms with Crippen molar-refractivity contribution in [3.05, 3.63) is 54.0 Å². The summed E-state index contributed by atoms with van der Waals surface area (Å²) < 4.78 is 5.13. The zero-order chi connectivity index (χ0) is 20.3. The molecule has 7 nitrogen and oxygen atoms in total. The Bertz CT molecular complexity index is 879. The smallest absolute Gasteiger partial charge is 0.254 e. The molecule has 1 spiro atoms. The summed E-state index contributed by atoms with van der Waals surface area (Å²) >= 11 is 0. The van der Waals surface area contributed by atoms with Gasteiger partial charge in [0.15, 0.2) is 0 Å². The van der Waals surface area contributed by atoms with Gasteiger partial charge >= 0.3 is 0 Å². The van der Waals surface area contributed by atoms with Gasteiger partial charge in [0.2, 0.25) is 11.8 Å². The number of aromatic nitrogens is 2. The number of pyridine rings is 2. The fourth-order valence-corrected chi connectivity index (χ4v) is 4.39. The summed E-state index contributed by atoms with van der Waals surface area (Å²) in [5.41, 5.74) is 1.75. The van der Waals surface area contributed by atoms with Crippen molar-refractivity contribution in [3.8, 4) is 5.88 Å². The molecule has 29 heavy (non-hydrogen) atoms. The molecule has 4 rings (SSSR count). The van der Waals surface area contributed by atoms with E-state index in [2.05, 4.69) is 9.97 Å². The number of carbonyl (C=O) groups excluding carboxylic acids is 2. The summed E-state index contributed by atoms with van der Waals surface area (Å²) in [5, 5.41) is 0. The SMILES string of the molecule is COc1cc(C(=O)N2CCC3(CCC(=O)N(Cc4cccnc4)C3)CC2)ccn1. The first-order valence-electron chi connectivity index (χ1n) is 10.0. The molecule has 0 aliphatic carbocycles. The molecule has 0 radical (unpaired) electrons. The molecule has 2 aliphatic rings. The van der Waals surface area contributed by atoms with Crippen LogP contribution in [0.4, 0.5) is 0 Å². The van der Waals surface area contributed by atoms with E-state index in [4.69, 9.17) is 4.74 Å². The maximum atomic E-state index is 12.9. The van der Waals surface area contributed by atoms with E-state index < -0.39 is 0 Å². The van der Waals surface area contributed by atoms with Crippen molar-refractivity contribution in [1.29, 1.82) is 0 Å². The molecule has 2 aliphatic heterocycles. The fourth-order valence-electron chi connectivity index (χ4n) is 4.39. The standard InChI is InChI=1S/C22H26N4O3/c1-29-19-13-18(5-10-24-19)21(28)25-11-7-22(8-12-25)6-4-20(27)26(16-22)15-17-3-2-9-23-14-17/h2-3,5,9-10,13-14H,4,6-8,11-12,15-16H2,1H3. The minimum absolute atomic E-state index is 0.0136. The average Bonchev–Trinajstić information content (AvgIpc) is 2.77. The van der Waals surface area contributed by atoms with Gasteiger partial charge in [0.25, 0.3) is 5.91 Å². The Balaban J connectivity index is 1.40. The zero-order valence-electron chi connectivity index (χ0n) is 16.7. The van der Waals surface area contributed by atoms with Crippen molar-refractivity contribution in [2.24, 2.45) is 5.41 Å². The van der Waals surface area contributed by atoms with Gasteiger partial charge in [0.05, 0.1) is 7.11 Å². The van der Waals surface area contributed by atoms with Crippen LogP contribution >= 0.6 is 0 Å². The Morgan fingerprint density at radius 3 is 2.76 bits per heavy atom. The van der Waals surface area contributed by atoms with E-state index in [1.54, 1.807) is 31.6 Å². The first-order valence-corrected chi connectivity index (χ1v) is 10.0. The number of likely N-dealkylation sites (tertiary alicyclic amines) is 2. The third kappa shape index (κ3) is 4.23. The number of hydrogen-bond donors (Lipinski definition) is 0. The van der Waals surface area contributed by atoms with Gasteiger partial charge < -0.3 is 14.5 Å². The lowest BCUT2D eigenvalue weighted by Gasteiger charge is -2.47. The van der Waals surface area contributed by atoms with Gasteiger partial charge in [-0.1, -0.05) is 6.07 Å². The quantitative estimate of drug-likeness (QED) is 0.797. The number of carbonyl (C=O) groups is 2. The van der Waals surface area contributed by atoms with Gasteiger partial charge in [-0.15, -0.1) is 0 Å². The second kappa shape index (κ2) is 8.19. The van der Waals surface area contributed by atoms with Crippen LogP contribution in [-0.4, -0.2) is 58.3 Å². The van der Waals surface area contributed by atoms with Gasteiger partial charge in [-0.2, -0.15) is 0 Å². The molecule has 0 aromatic carbocycles. The molecular weight excluding hydrogens is 368 g/mol. The van der Waals surface area contributed by atoms with Crippen molar-refractivity contribution in [3.63, 3.8) is 0 Å². The normalized spacial score (nSPS) is 18.7. The number of amides is 2. The number of methoxy groups -OCH3 is 1. The molecule has 152 valence electrons. The predicted octanol–water partition coefficient (Wildman–Crippen LogP) is 2.53. The van der Waals surface area contributed by atoms with Crippen molar-refractivity contribution in [1.82, 2.24) is 19.8 Å². The third-order valence-electron chi connectivity index (χ3n) is 6.15. The Morgan fingerprint density at radius 2 is 2.03 bits per heavy atom. The average molecular weight is 394 g/mol. The number of nitrogens with zero attached hydrogens (tertiary/aromatic N) is 4. The van der Waals surface area contributed by atoms with Crippen LogP contribution in [0, 0.1) is 5.41 Å². The van der Waals surface area contributed by atoms with Gasteiger partial charge in [-0.3, -0.25) is 14.6 Å². The maximum Gasteiger partial charge on any atom is 0.254 e. The number of hydrogen-bond acceptors (Lipinski definition) is 5. The lowest BCUT2D eigenvalue weighted by molar-refractivity contribution is -0.139. The zero-order valence-corrected chi connectivity index (χ0v) is 16.7. The highest BCUT2D eigenvalue weighted by Gasteiger charge is 2.41. The molecule has 2 aromatic rings. The maximum absolute atomic E-state index is 12.9. The van der Waals surface area contributed by atoms with E-state index in [-0.39, 0.29) is 17.2 Å². The highest BCUT2D eigenvalue weighted by molar-refractivity contribution is 5.94. The number of piperidine rings is 2. The molecule has 0 N–H and O–H groups in total. The van der Waals surface area contributed by atoms with Gasteiger partial charge in [0, 0.05) is 62.8 Å². The lowest BCUT2D eigenvalue weighted by atomic mass is 9.72. The third-order valence-corrected chi connectivity index (χ3v) is 6.15. The molecule has 0 saturated carbocycles. The molecule has 0 bridgehead atoms. The van der Waals surface area contributed by atoms with Crippen LogP contribution in [0.3, 0.4) is 0 Å². The predicted molar refractivity (Wildman–Crippen MR) is 107 cm³/mol. The highest BCUT2D eigenvalue weighted by atomic mass is 16.5. The second-order valence-electron chi connectivity index (χ2n) is 7.99. The van der Waals surface area contributed by atoms with E-state index in [9.17, 15) is 9.59 Å². The van der Waals surface area contributed by atoms with Crippen LogP contribution < -0.4 is 4.74 Å². The Kier molecular flexibility index (Phi) is 5.47. The Labute approximate surface area is 170 Å². The van der Waals surface area contributed by atoms with Crippen molar-refractivity contribution < 1.29 is 14.3 Å². The summed E-state index contributed by atoms with van der Waals surface area (Å²) in [7, 11) is 1.54. The summed E-state index contributed by atoms with van der Waals surface area (Å²) in [5.74, 6) is 0.669. The van der Waals surface area contributed by atoms with E-state index in [0.29, 0.717) is 37.5 Å². The Hall–Kier alpha value is -2.96. The summed E-state index contributed by atoms with van der Waals surface area (Å²) in [4.78, 5) is 37.4. The molecular formula is C22H26N4O3. The minimum atomic E-state index is 0.0136. The van der Waals surface area contributed by atoms with Crippen LogP contribution in [0.1, 0.15) is 41.6 Å². The van der Waals surface area contributed by atoms with Crippen LogP contribution in [0.5, 0.6) is 5.88 Å². The summed E-state index contributed by atoms with van der Waals surface area (Å²) in [6.07, 6.45) is 8.47. The molecule has 4 heterocycles. The first-order chi connectivity index (χ1) is 14.1. The largest absolute Gasteiger partial charge is 0.481 e. The van der Waals surface area contributed by atoms with Crippen LogP contribution in [0.25, 0.3) is 0 Å². The van der Waals surface area contributed by atoms with E-state index >= 15 is 0 Å². The van der Waals surface area contributed by atoms with Crippen molar-refractivity contribution in [2.75, 3.05) is 26.7 Å². The molecule has 2 fully saturated rings. The fraction of sp³-hybridized carbons (Fsp3) is 0.455. The molecule has 2 saturated heterocycles. The van der Waals surface area contributed by atoms with E-state index in [0.717, 1.165) is 31.4 Å². The Morgan fingerprint density at radius 1 is 1.21 bits per heavy atom. The topological polar surface area (TPSA) is 75.6 Å².